The Morgan fingerprint density at radius 3 is 2.79 bits per heavy atom. The maximum atomic E-state index is 13.2. The molecule has 0 unspecified atom stereocenters. The topological polar surface area (TPSA) is 73.0 Å². The summed E-state index contributed by atoms with van der Waals surface area (Å²) in [6, 6.07) is 9.70. The molecule has 0 saturated heterocycles. The summed E-state index contributed by atoms with van der Waals surface area (Å²) < 4.78 is 3.48. The molecule has 0 fully saturated rings. The lowest BCUT2D eigenvalue weighted by atomic mass is 10.0. The molecular formula is C21H23N5O2. The zero-order valence-corrected chi connectivity index (χ0v) is 16.3. The third-order valence-electron chi connectivity index (χ3n) is 5.26. The minimum atomic E-state index is -0.294. The molecule has 1 aliphatic rings. The average molecular weight is 377 g/mol. The SMILES string of the molecule is Cc1ccn(-c2cccc(C(C)C)c2)c(=O)c1C(=O)N1CCn2cnnc2C1. The summed E-state index contributed by atoms with van der Waals surface area (Å²) in [7, 11) is 0. The van der Waals surface area contributed by atoms with E-state index in [2.05, 4.69) is 24.0 Å². The first kappa shape index (κ1) is 18.2. The number of aromatic nitrogens is 4. The van der Waals surface area contributed by atoms with E-state index < -0.39 is 0 Å². The van der Waals surface area contributed by atoms with E-state index in [0.29, 0.717) is 31.1 Å². The van der Waals surface area contributed by atoms with Crippen molar-refractivity contribution in [1.29, 1.82) is 0 Å². The molecule has 0 aliphatic carbocycles. The Morgan fingerprint density at radius 2 is 2.00 bits per heavy atom. The number of pyridine rings is 1. The van der Waals surface area contributed by atoms with Gasteiger partial charge in [-0.1, -0.05) is 26.0 Å². The molecule has 4 rings (SSSR count). The quantitative estimate of drug-likeness (QED) is 0.703. The lowest BCUT2D eigenvalue weighted by molar-refractivity contribution is 0.0704. The molecule has 1 aromatic carbocycles. The van der Waals surface area contributed by atoms with Gasteiger partial charge >= 0.3 is 0 Å². The highest BCUT2D eigenvalue weighted by Crippen LogP contribution is 2.19. The lowest BCUT2D eigenvalue weighted by Crippen LogP contribution is -2.41. The van der Waals surface area contributed by atoms with Crippen LogP contribution in [0, 0.1) is 6.92 Å². The van der Waals surface area contributed by atoms with E-state index in [4.69, 9.17) is 0 Å². The Labute approximate surface area is 163 Å². The summed E-state index contributed by atoms with van der Waals surface area (Å²) in [6.07, 6.45) is 3.40. The van der Waals surface area contributed by atoms with Crippen LogP contribution in [0.1, 0.15) is 47.1 Å². The average Bonchev–Trinajstić information content (AvgIpc) is 3.16. The number of aryl methyl sites for hydroxylation is 1. The fraction of sp³-hybridized carbons (Fsp3) is 0.333. The van der Waals surface area contributed by atoms with Crippen molar-refractivity contribution in [3.8, 4) is 5.69 Å². The van der Waals surface area contributed by atoms with Gasteiger partial charge in [0.15, 0.2) is 5.82 Å². The highest BCUT2D eigenvalue weighted by molar-refractivity contribution is 5.95. The molecule has 7 nitrogen and oxygen atoms in total. The molecule has 28 heavy (non-hydrogen) atoms. The second-order valence-corrected chi connectivity index (χ2v) is 7.47. The molecule has 0 spiro atoms. The number of hydrogen-bond donors (Lipinski definition) is 0. The molecule has 2 aromatic heterocycles. The van der Waals surface area contributed by atoms with Crippen LogP contribution >= 0.6 is 0 Å². The van der Waals surface area contributed by atoms with Gasteiger partial charge in [0.25, 0.3) is 11.5 Å². The van der Waals surface area contributed by atoms with E-state index >= 15 is 0 Å². The van der Waals surface area contributed by atoms with Crippen molar-refractivity contribution in [3.05, 3.63) is 75.7 Å². The van der Waals surface area contributed by atoms with Crippen LogP contribution in [-0.4, -0.2) is 36.7 Å². The monoisotopic (exact) mass is 377 g/mol. The van der Waals surface area contributed by atoms with E-state index in [1.165, 1.54) is 0 Å². The Balaban J connectivity index is 1.73. The summed E-state index contributed by atoms with van der Waals surface area (Å²) in [5, 5.41) is 7.95. The van der Waals surface area contributed by atoms with Crippen LogP contribution in [0.3, 0.4) is 0 Å². The molecule has 0 atom stereocenters. The summed E-state index contributed by atoms with van der Waals surface area (Å²) in [4.78, 5) is 28.1. The van der Waals surface area contributed by atoms with Crippen LogP contribution in [-0.2, 0) is 13.1 Å². The van der Waals surface area contributed by atoms with E-state index in [-0.39, 0.29) is 17.0 Å². The molecule has 3 heterocycles. The van der Waals surface area contributed by atoms with Crippen molar-refractivity contribution in [1.82, 2.24) is 24.2 Å². The van der Waals surface area contributed by atoms with Gasteiger partial charge in [-0.15, -0.1) is 10.2 Å². The zero-order valence-electron chi connectivity index (χ0n) is 16.3. The second-order valence-electron chi connectivity index (χ2n) is 7.47. The van der Waals surface area contributed by atoms with Gasteiger partial charge in [0.2, 0.25) is 0 Å². The maximum absolute atomic E-state index is 13.2. The van der Waals surface area contributed by atoms with E-state index in [1.807, 2.05) is 34.9 Å². The second kappa shape index (κ2) is 7.07. The van der Waals surface area contributed by atoms with Crippen LogP contribution < -0.4 is 5.56 Å². The standard InChI is InChI=1S/C21H23N5O2/c1-14(2)16-5-4-6-17(11-16)26-8-7-15(3)19(21(26)28)20(27)24-9-10-25-13-22-23-18(25)12-24/h4-8,11,13-14H,9-10,12H2,1-3H3. The van der Waals surface area contributed by atoms with Crippen molar-refractivity contribution >= 4 is 5.91 Å². The van der Waals surface area contributed by atoms with E-state index in [0.717, 1.165) is 17.1 Å². The number of rotatable bonds is 3. The smallest absolute Gasteiger partial charge is 0.268 e. The van der Waals surface area contributed by atoms with Gasteiger partial charge in [-0.25, -0.2) is 0 Å². The largest absolute Gasteiger partial charge is 0.329 e. The van der Waals surface area contributed by atoms with Crippen molar-refractivity contribution in [2.75, 3.05) is 6.54 Å². The Hall–Kier alpha value is -3.22. The summed E-state index contributed by atoms with van der Waals surface area (Å²) in [5.41, 5.74) is 2.51. The molecule has 1 aliphatic heterocycles. The highest BCUT2D eigenvalue weighted by atomic mass is 16.2. The van der Waals surface area contributed by atoms with Crippen LogP contribution in [0.4, 0.5) is 0 Å². The maximum Gasteiger partial charge on any atom is 0.268 e. The van der Waals surface area contributed by atoms with Gasteiger partial charge < -0.3 is 9.47 Å². The summed E-state index contributed by atoms with van der Waals surface area (Å²) in [6.45, 7) is 7.54. The highest BCUT2D eigenvalue weighted by Gasteiger charge is 2.26. The molecule has 0 bridgehead atoms. The number of carbonyl (C=O) groups is 1. The molecule has 0 saturated carbocycles. The molecule has 1 amide bonds. The Morgan fingerprint density at radius 1 is 1.18 bits per heavy atom. The Kier molecular flexibility index (Phi) is 4.58. The van der Waals surface area contributed by atoms with E-state index in [1.54, 1.807) is 28.9 Å². The number of hydrogen-bond acceptors (Lipinski definition) is 4. The molecule has 7 heteroatoms. The predicted octanol–water partition coefficient (Wildman–Crippen LogP) is 2.52. The van der Waals surface area contributed by atoms with Crippen LogP contribution in [0.15, 0.2) is 47.7 Å². The fourth-order valence-corrected chi connectivity index (χ4v) is 3.52. The summed E-state index contributed by atoms with van der Waals surface area (Å²) >= 11 is 0. The minimum Gasteiger partial charge on any atom is -0.329 e. The third kappa shape index (κ3) is 3.13. The molecular weight excluding hydrogens is 354 g/mol. The van der Waals surface area contributed by atoms with Gasteiger partial charge in [-0.05, 0) is 42.2 Å². The number of amides is 1. The fourth-order valence-electron chi connectivity index (χ4n) is 3.52. The van der Waals surface area contributed by atoms with E-state index in [9.17, 15) is 9.59 Å². The van der Waals surface area contributed by atoms with Crippen LogP contribution in [0.25, 0.3) is 5.69 Å². The number of carbonyl (C=O) groups excluding carboxylic acids is 1. The Bertz CT molecular complexity index is 1100. The summed E-state index contributed by atoms with van der Waals surface area (Å²) in [5.74, 6) is 0.831. The normalized spacial score (nSPS) is 13.6. The van der Waals surface area contributed by atoms with Gasteiger partial charge in [0.1, 0.15) is 11.9 Å². The van der Waals surface area contributed by atoms with Crippen molar-refractivity contribution in [2.24, 2.45) is 0 Å². The first-order valence-corrected chi connectivity index (χ1v) is 9.44. The molecule has 3 aromatic rings. The first-order chi connectivity index (χ1) is 13.5. The molecule has 0 N–H and O–H groups in total. The molecule has 144 valence electrons. The lowest BCUT2D eigenvalue weighted by Gasteiger charge is -2.27. The zero-order chi connectivity index (χ0) is 19.8. The first-order valence-electron chi connectivity index (χ1n) is 9.44. The van der Waals surface area contributed by atoms with Crippen LogP contribution in [0.2, 0.25) is 0 Å². The van der Waals surface area contributed by atoms with Gasteiger partial charge in [-0.2, -0.15) is 0 Å². The van der Waals surface area contributed by atoms with Crippen molar-refractivity contribution in [3.63, 3.8) is 0 Å². The van der Waals surface area contributed by atoms with Crippen molar-refractivity contribution in [2.45, 2.75) is 39.8 Å². The van der Waals surface area contributed by atoms with Gasteiger partial charge in [-0.3, -0.25) is 14.2 Å². The number of nitrogens with zero attached hydrogens (tertiary/aromatic N) is 5. The van der Waals surface area contributed by atoms with Gasteiger partial charge in [0, 0.05) is 25.0 Å². The van der Waals surface area contributed by atoms with Crippen LogP contribution in [0.5, 0.6) is 0 Å². The predicted molar refractivity (Wildman–Crippen MR) is 106 cm³/mol. The number of benzene rings is 1. The van der Waals surface area contributed by atoms with Gasteiger partial charge in [0.05, 0.1) is 6.54 Å². The third-order valence-corrected chi connectivity index (χ3v) is 5.26. The minimum absolute atomic E-state index is 0.213. The number of fused-ring (bicyclic) bond motifs is 1. The molecule has 0 radical (unpaired) electrons. The van der Waals surface area contributed by atoms with Crippen molar-refractivity contribution < 1.29 is 4.79 Å².